The summed E-state index contributed by atoms with van der Waals surface area (Å²) in [4.78, 5) is 27.3. The minimum absolute atomic E-state index is 0.00806. The van der Waals surface area contributed by atoms with Gasteiger partial charge in [-0.2, -0.15) is 0 Å². The molecule has 1 N–H and O–H groups in total. The van der Waals surface area contributed by atoms with Gasteiger partial charge in [0, 0.05) is 23.9 Å². The fourth-order valence-electron chi connectivity index (χ4n) is 2.71. The fraction of sp³-hybridized carbons (Fsp3) is 0.579. The molecule has 0 aromatic heterocycles. The number of hydrogen-bond acceptors (Lipinski definition) is 2. The van der Waals surface area contributed by atoms with Crippen molar-refractivity contribution in [1.29, 1.82) is 0 Å². The van der Waals surface area contributed by atoms with Crippen molar-refractivity contribution in [2.75, 3.05) is 0 Å². The number of fused-ring (bicyclic) bond motifs is 1. The predicted molar refractivity (Wildman–Crippen MR) is 91.8 cm³/mol. The minimum atomic E-state index is -0.515. The molecule has 1 heterocycles. The van der Waals surface area contributed by atoms with Crippen LogP contribution in [0, 0.1) is 5.41 Å². The van der Waals surface area contributed by atoms with Gasteiger partial charge in [0.2, 0.25) is 11.8 Å². The van der Waals surface area contributed by atoms with Crippen LogP contribution in [0.5, 0.6) is 0 Å². The molecule has 0 radical (unpaired) electrons. The van der Waals surface area contributed by atoms with Crippen molar-refractivity contribution in [2.45, 2.75) is 66.1 Å². The molecule has 4 heteroatoms. The first-order chi connectivity index (χ1) is 10.5. The summed E-state index contributed by atoms with van der Waals surface area (Å²) in [5.74, 6) is -0.101. The van der Waals surface area contributed by atoms with E-state index in [-0.39, 0.29) is 17.4 Å². The normalized spacial score (nSPS) is 19.1. The molecule has 2 amide bonds. The lowest BCUT2D eigenvalue weighted by Crippen LogP contribution is -2.55. The van der Waals surface area contributed by atoms with Gasteiger partial charge < -0.3 is 10.2 Å². The molecular weight excluding hydrogens is 288 g/mol. The summed E-state index contributed by atoms with van der Waals surface area (Å²) >= 11 is 0. The lowest BCUT2D eigenvalue weighted by Gasteiger charge is -2.37. The van der Waals surface area contributed by atoms with E-state index >= 15 is 0 Å². The third kappa shape index (κ3) is 3.92. The number of amides is 2. The minimum Gasteiger partial charge on any atom is -0.344 e. The van der Waals surface area contributed by atoms with Crippen LogP contribution in [0.1, 0.15) is 52.7 Å². The molecule has 0 bridgehead atoms. The second kappa shape index (κ2) is 5.99. The van der Waals surface area contributed by atoms with Crippen LogP contribution in [0.3, 0.4) is 0 Å². The van der Waals surface area contributed by atoms with Gasteiger partial charge in [-0.15, -0.1) is 0 Å². The molecule has 0 unspecified atom stereocenters. The van der Waals surface area contributed by atoms with Gasteiger partial charge in [-0.05, 0) is 31.9 Å². The third-order valence-electron chi connectivity index (χ3n) is 4.23. The van der Waals surface area contributed by atoms with Crippen molar-refractivity contribution in [3.05, 3.63) is 35.4 Å². The van der Waals surface area contributed by atoms with Crippen molar-refractivity contribution < 1.29 is 9.59 Å². The van der Waals surface area contributed by atoms with Crippen LogP contribution >= 0.6 is 0 Å². The van der Waals surface area contributed by atoms with Gasteiger partial charge in [0.15, 0.2) is 0 Å². The first-order valence-corrected chi connectivity index (χ1v) is 8.19. The highest BCUT2D eigenvalue weighted by atomic mass is 16.2. The summed E-state index contributed by atoms with van der Waals surface area (Å²) in [6.07, 6.45) is 0.545. The Morgan fingerprint density at radius 3 is 2.17 bits per heavy atom. The molecule has 0 saturated heterocycles. The quantitative estimate of drug-likeness (QED) is 0.866. The first-order valence-electron chi connectivity index (χ1n) is 8.19. The van der Waals surface area contributed by atoms with Gasteiger partial charge in [-0.25, -0.2) is 0 Å². The number of hydrogen-bond donors (Lipinski definition) is 1. The van der Waals surface area contributed by atoms with Crippen LogP contribution in [0.4, 0.5) is 0 Å². The molecule has 0 aliphatic carbocycles. The summed E-state index contributed by atoms with van der Waals surface area (Å²) in [6.45, 7) is 12.3. The summed E-state index contributed by atoms with van der Waals surface area (Å²) in [5.41, 5.74) is 1.48. The lowest BCUT2D eigenvalue weighted by molar-refractivity contribution is -0.142. The van der Waals surface area contributed by atoms with E-state index in [9.17, 15) is 9.59 Å². The van der Waals surface area contributed by atoms with Crippen LogP contribution in [0.15, 0.2) is 24.3 Å². The number of rotatable bonds is 1. The summed E-state index contributed by atoms with van der Waals surface area (Å²) < 4.78 is 0. The van der Waals surface area contributed by atoms with Crippen LogP contribution in [0.25, 0.3) is 0 Å². The van der Waals surface area contributed by atoms with Crippen molar-refractivity contribution in [1.82, 2.24) is 10.2 Å². The van der Waals surface area contributed by atoms with Crippen LogP contribution in [-0.2, 0) is 22.6 Å². The zero-order valence-corrected chi connectivity index (χ0v) is 15.1. The molecule has 1 aromatic carbocycles. The monoisotopic (exact) mass is 316 g/mol. The Kier molecular flexibility index (Phi) is 4.56. The molecule has 1 atom stereocenters. The number of benzene rings is 1. The molecule has 4 nitrogen and oxygen atoms in total. The van der Waals surface area contributed by atoms with E-state index in [4.69, 9.17) is 0 Å². The molecule has 1 aliphatic heterocycles. The Bertz CT molecular complexity index is 609. The zero-order chi connectivity index (χ0) is 17.4. The zero-order valence-electron chi connectivity index (χ0n) is 15.1. The smallest absolute Gasteiger partial charge is 0.246 e. The maximum absolute atomic E-state index is 13.0. The standard InChI is InChI=1S/C19H28N2O2/c1-18(2,3)17(23)20-15-11-13-9-7-8-10-14(13)12-21(16(15)22)19(4,5)6/h7-10,15H,11-12H2,1-6H3,(H,20,23)/t15-/m0/s1. The molecule has 23 heavy (non-hydrogen) atoms. The Balaban J connectivity index is 2.38. The maximum Gasteiger partial charge on any atom is 0.246 e. The van der Waals surface area contributed by atoms with E-state index in [1.807, 2.05) is 64.6 Å². The van der Waals surface area contributed by atoms with Gasteiger partial charge in [-0.3, -0.25) is 9.59 Å². The van der Waals surface area contributed by atoms with Crippen molar-refractivity contribution in [3.63, 3.8) is 0 Å². The van der Waals surface area contributed by atoms with E-state index < -0.39 is 11.5 Å². The largest absolute Gasteiger partial charge is 0.344 e. The van der Waals surface area contributed by atoms with Crippen molar-refractivity contribution in [2.24, 2.45) is 5.41 Å². The van der Waals surface area contributed by atoms with E-state index in [0.29, 0.717) is 13.0 Å². The summed E-state index contributed by atoms with van der Waals surface area (Å²) in [7, 11) is 0. The molecule has 0 fully saturated rings. The lowest BCUT2D eigenvalue weighted by atomic mass is 9.94. The highest BCUT2D eigenvalue weighted by Crippen LogP contribution is 2.26. The summed E-state index contributed by atoms with van der Waals surface area (Å²) in [6, 6.07) is 7.58. The first kappa shape index (κ1) is 17.5. The maximum atomic E-state index is 13.0. The second-order valence-corrected chi connectivity index (χ2v) is 8.34. The number of nitrogens with one attached hydrogen (secondary N) is 1. The number of nitrogens with zero attached hydrogens (tertiary/aromatic N) is 1. The van der Waals surface area contributed by atoms with Crippen molar-refractivity contribution >= 4 is 11.8 Å². The topological polar surface area (TPSA) is 49.4 Å². The Hall–Kier alpha value is -1.84. The van der Waals surface area contributed by atoms with Crippen LogP contribution in [-0.4, -0.2) is 28.3 Å². The average Bonchev–Trinajstić information content (AvgIpc) is 2.55. The molecule has 0 spiro atoms. The highest BCUT2D eigenvalue weighted by molar-refractivity contribution is 5.90. The van der Waals surface area contributed by atoms with Crippen LogP contribution < -0.4 is 5.32 Å². The molecule has 126 valence electrons. The molecular formula is C19H28N2O2. The Labute approximate surface area is 139 Å². The SMILES string of the molecule is CC(C)(C)C(=O)N[C@H]1Cc2ccccc2CN(C(C)(C)C)C1=O. The third-order valence-corrected chi connectivity index (χ3v) is 4.23. The fourth-order valence-corrected chi connectivity index (χ4v) is 2.71. The second-order valence-electron chi connectivity index (χ2n) is 8.34. The van der Waals surface area contributed by atoms with E-state index in [0.717, 1.165) is 11.1 Å². The van der Waals surface area contributed by atoms with Crippen molar-refractivity contribution in [3.8, 4) is 0 Å². The van der Waals surface area contributed by atoms with E-state index in [1.165, 1.54) is 0 Å². The van der Waals surface area contributed by atoms with E-state index in [2.05, 4.69) is 11.4 Å². The Morgan fingerprint density at radius 2 is 1.65 bits per heavy atom. The van der Waals surface area contributed by atoms with Gasteiger partial charge in [0.25, 0.3) is 0 Å². The van der Waals surface area contributed by atoms with Gasteiger partial charge >= 0.3 is 0 Å². The average molecular weight is 316 g/mol. The van der Waals surface area contributed by atoms with Gasteiger partial charge in [0.1, 0.15) is 6.04 Å². The highest BCUT2D eigenvalue weighted by Gasteiger charge is 2.37. The molecule has 1 aliphatic rings. The molecule has 0 saturated carbocycles. The van der Waals surface area contributed by atoms with Gasteiger partial charge in [-0.1, -0.05) is 45.0 Å². The number of carbonyl (C=O) groups is 2. The van der Waals surface area contributed by atoms with Crippen LogP contribution in [0.2, 0.25) is 0 Å². The molecule has 1 aromatic rings. The Morgan fingerprint density at radius 1 is 1.09 bits per heavy atom. The number of carbonyl (C=O) groups excluding carboxylic acids is 2. The van der Waals surface area contributed by atoms with E-state index in [1.54, 1.807) is 0 Å². The predicted octanol–water partition coefficient (Wildman–Crippen LogP) is 2.90. The molecule has 2 rings (SSSR count). The van der Waals surface area contributed by atoms with Gasteiger partial charge in [0.05, 0.1) is 0 Å². The summed E-state index contributed by atoms with van der Waals surface area (Å²) in [5, 5.41) is 2.96.